The summed E-state index contributed by atoms with van der Waals surface area (Å²) in [5.41, 5.74) is 1.09. The number of carboxylic acid groups (broad SMARTS) is 1. The highest BCUT2D eigenvalue weighted by molar-refractivity contribution is 7.15. The van der Waals surface area contributed by atoms with Crippen LogP contribution in [0.2, 0.25) is 0 Å². The van der Waals surface area contributed by atoms with E-state index in [4.69, 9.17) is 9.84 Å². The Morgan fingerprint density at radius 1 is 1.67 bits per heavy atom. The second-order valence-corrected chi connectivity index (χ2v) is 4.71. The van der Waals surface area contributed by atoms with E-state index in [9.17, 15) is 9.59 Å². The lowest BCUT2D eigenvalue weighted by Crippen LogP contribution is -2.21. The number of carboxylic acids is 1. The lowest BCUT2D eigenvalue weighted by atomic mass is 10.4. The van der Waals surface area contributed by atoms with E-state index in [1.807, 2.05) is 12.3 Å². The summed E-state index contributed by atoms with van der Waals surface area (Å²) in [6.45, 7) is 3.27. The van der Waals surface area contributed by atoms with Crippen molar-refractivity contribution in [2.75, 3.05) is 0 Å². The molecule has 1 unspecified atom stereocenters. The molecule has 0 saturated heterocycles. The predicted molar refractivity (Wildman–Crippen MR) is 66.0 cm³/mol. The van der Waals surface area contributed by atoms with Crippen LogP contribution < -0.4 is 5.56 Å². The van der Waals surface area contributed by atoms with E-state index in [1.165, 1.54) is 28.7 Å². The highest BCUT2D eigenvalue weighted by Crippen LogP contribution is 2.12. The van der Waals surface area contributed by atoms with Crippen molar-refractivity contribution < 1.29 is 14.6 Å². The third kappa shape index (κ3) is 2.41. The maximum absolute atomic E-state index is 11.8. The van der Waals surface area contributed by atoms with Gasteiger partial charge in [-0.25, -0.2) is 9.78 Å². The number of rotatable bonds is 4. The molecule has 0 aromatic carbocycles. The molecule has 2 rings (SSSR count). The van der Waals surface area contributed by atoms with Crippen LogP contribution in [0.25, 0.3) is 4.96 Å². The van der Waals surface area contributed by atoms with Crippen LogP contribution in [0.5, 0.6) is 0 Å². The molecule has 0 saturated carbocycles. The molecule has 0 aliphatic carbocycles. The predicted octanol–water partition coefficient (Wildman–Crippen LogP) is 1.05. The van der Waals surface area contributed by atoms with Gasteiger partial charge in [0.05, 0.1) is 12.3 Å². The molecular formula is C11H12N2O4S. The van der Waals surface area contributed by atoms with Crippen LogP contribution in [-0.4, -0.2) is 26.6 Å². The van der Waals surface area contributed by atoms with E-state index in [0.29, 0.717) is 10.7 Å². The zero-order chi connectivity index (χ0) is 13.3. The average Bonchev–Trinajstić information content (AvgIpc) is 2.68. The first kappa shape index (κ1) is 12.7. The Morgan fingerprint density at radius 2 is 2.39 bits per heavy atom. The van der Waals surface area contributed by atoms with Gasteiger partial charge in [-0.3, -0.25) is 9.20 Å². The molecule has 0 aliphatic heterocycles. The number of thiazole rings is 1. The van der Waals surface area contributed by atoms with Crippen LogP contribution in [0.1, 0.15) is 18.3 Å². The molecule has 6 nitrogen and oxygen atoms in total. The summed E-state index contributed by atoms with van der Waals surface area (Å²) < 4.78 is 6.60. The highest BCUT2D eigenvalue weighted by atomic mass is 32.1. The van der Waals surface area contributed by atoms with Gasteiger partial charge in [-0.15, -0.1) is 11.3 Å². The van der Waals surface area contributed by atoms with Gasteiger partial charge in [0, 0.05) is 17.1 Å². The fraction of sp³-hybridized carbons (Fsp3) is 0.364. The Bertz CT molecular complexity index is 646. The van der Waals surface area contributed by atoms with E-state index in [0.717, 1.165) is 5.69 Å². The lowest BCUT2D eigenvalue weighted by Gasteiger charge is -2.07. The Morgan fingerprint density at radius 3 is 3.06 bits per heavy atom. The summed E-state index contributed by atoms with van der Waals surface area (Å²) in [4.78, 5) is 27.2. The molecule has 96 valence electrons. The van der Waals surface area contributed by atoms with Crippen molar-refractivity contribution in [3.63, 3.8) is 0 Å². The zero-order valence-electron chi connectivity index (χ0n) is 9.91. The Kier molecular flexibility index (Phi) is 3.44. The Balaban J connectivity index is 2.25. The third-order valence-corrected chi connectivity index (χ3v) is 3.40. The first-order chi connectivity index (χ1) is 8.49. The van der Waals surface area contributed by atoms with Gasteiger partial charge in [0.1, 0.15) is 0 Å². The van der Waals surface area contributed by atoms with Crippen molar-refractivity contribution in [2.24, 2.45) is 0 Å². The van der Waals surface area contributed by atoms with Crippen molar-refractivity contribution in [3.8, 4) is 0 Å². The second kappa shape index (κ2) is 4.87. The van der Waals surface area contributed by atoms with Crippen LogP contribution in [-0.2, 0) is 16.1 Å². The molecule has 7 heteroatoms. The van der Waals surface area contributed by atoms with Crippen molar-refractivity contribution in [3.05, 3.63) is 33.2 Å². The van der Waals surface area contributed by atoms with E-state index in [1.54, 1.807) is 0 Å². The van der Waals surface area contributed by atoms with Crippen LogP contribution in [0.15, 0.2) is 16.2 Å². The molecule has 2 heterocycles. The van der Waals surface area contributed by atoms with Gasteiger partial charge in [-0.05, 0) is 13.8 Å². The van der Waals surface area contributed by atoms with Gasteiger partial charge >= 0.3 is 5.97 Å². The second-order valence-electron chi connectivity index (χ2n) is 3.87. The van der Waals surface area contributed by atoms with Crippen molar-refractivity contribution in [1.82, 2.24) is 9.38 Å². The molecular weight excluding hydrogens is 256 g/mol. The standard InChI is InChI=1S/C11H12N2O4S/c1-6-5-18-11-12-8(3-9(14)13(6)11)4-17-7(2)10(15)16/h3,5,7H,4H2,1-2H3,(H,15,16). The SMILES string of the molecule is Cc1csc2nc(COC(C)C(=O)O)cc(=O)n12. The van der Waals surface area contributed by atoms with Crippen molar-refractivity contribution >= 4 is 22.3 Å². The number of fused-ring (bicyclic) bond motifs is 1. The van der Waals surface area contributed by atoms with Crippen LogP contribution in [0.4, 0.5) is 0 Å². The smallest absolute Gasteiger partial charge is 0.332 e. The minimum absolute atomic E-state index is 0.0101. The first-order valence-electron chi connectivity index (χ1n) is 5.30. The molecule has 1 N–H and O–H groups in total. The Hall–Kier alpha value is -1.73. The zero-order valence-corrected chi connectivity index (χ0v) is 10.7. The number of aromatic nitrogens is 2. The monoisotopic (exact) mass is 268 g/mol. The Labute approximate surface area is 106 Å². The summed E-state index contributed by atoms with van der Waals surface area (Å²) >= 11 is 1.36. The summed E-state index contributed by atoms with van der Waals surface area (Å²) in [5, 5.41) is 10.5. The summed E-state index contributed by atoms with van der Waals surface area (Å²) in [6.07, 6.45) is -0.921. The largest absolute Gasteiger partial charge is 0.479 e. The molecule has 0 radical (unpaired) electrons. The van der Waals surface area contributed by atoms with Gasteiger partial charge < -0.3 is 9.84 Å². The van der Waals surface area contributed by atoms with Crippen LogP contribution >= 0.6 is 11.3 Å². The van der Waals surface area contributed by atoms with Gasteiger partial charge in [-0.2, -0.15) is 0 Å². The van der Waals surface area contributed by atoms with E-state index in [-0.39, 0.29) is 12.2 Å². The minimum atomic E-state index is -1.04. The van der Waals surface area contributed by atoms with Crippen molar-refractivity contribution in [1.29, 1.82) is 0 Å². The number of carbonyl (C=O) groups is 1. The number of aliphatic carboxylic acids is 1. The van der Waals surface area contributed by atoms with E-state index >= 15 is 0 Å². The van der Waals surface area contributed by atoms with Crippen LogP contribution in [0, 0.1) is 6.92 Å². The lowest BCUT2D eigenvalue weighted by molar-refractivity contribution is -0.149. The molecule has 18 heavy (non-hydrogen) atoms. The fourth-order valence-corrected chi connectivity index (χ4v) is 2.35. The summed E-state index contributed by atoms with van der Waals surface area (Å²) in [7, 11) is 0. The van der Waals surface area contributed by atoms with E-state index in [2.05, 4.69) is 4.98 Å². The molecule has 0 spiro atoms. The molecule has 0 aliphatic rings. The molecule has 1 atom stereocenters. The summed E-state index contributed by atoms with van der Waals surface area (Å²) in [5.74, 6) is -1.04. The molecule has 0 bridgehead atoms. The first-order valence-corrected chi connectivity index (χ1v) is 6.18. The minimum Gasteiger partial charge on any atom is -0.479 e. The number of hydrogen-bond donors (Lipinski definition) is 1. The number of nitrogens with zero attached hydrogens (tertiary/aromatic N) is 2. The number of aryl methyl sites for hydroxylation is 1. The quantitative estimate of drug-likeness (QED) is 0.896. The van der Waals surface area contributed by atoms with Crippen LogP contribution in [0.3, 0.4) is 0 Å². The third-order valence-electron chi connectivity index (χ3n) is 2.46. The molecule has 2 aromatic heterocycles. The number of ether oxygens (including phenoxy) is 1. The maximum atomic E-state index is 11.8. The average molecular weight is 268 g/mol. The molecule has 0 amide bonds. The normalized spacial score (nSPS) is 12.8. The molecule has 0 fully saturated rings. The van der Waals surface area contributed by atoms with Gasteiger partial charge in [0.2, 0.25) is 0 Å². The van der Waals surface area contributed by atoms with Gasteiger partial charge in [0.15, 0.2) is 11.1 Å². The van der Waals surface area contributed by atoms with Gasteiger partial charge in [0.25, 0.3) is 5.56 Å². The maximum Gasteiger partial charge on any atom is 0.332 e. The topological polar surface area (TPSA) is 80.9 Å². The number of hydrogen-bond acceptors (Lipinski definition) is 5. The van der Waals surface area contributed by atoms with E-state index < -0.39 is 12.1 Å². The van der Waals surface area contributed by atoms with Gasteiger partial charge in [-0.1, -0.05) is 0 Å². The summed E-state index contributed by atoms with van der Waals surface area (Å²) in [6, 6.07) is 1.36. The molecule has 2 aromatic rings. The fourth-order valence-electron chi connectivity index (χ4n) is 1.46. The van der Waals surface area contributed by atoms with Crippen molar-refractivity contribution in [2.45, 2.75) is 26.6 Å². The highest BCUT2D eigenvalue weighted by Gasteiger charge is 2.12.